The Kier molecular flexibility index (Phi) is 6.05. The predicted molar refractivity (Wildman–Crippen MR) is 105 cm³/mol. The van der Waals surface area contributed by atoms with Crippen molar-refractivity contribution in [2.45, 2.75) is 30.7 Å². The summed E-state index contributed by atoms with van der Waals surface area (Å²) in [7, 11) is -3.53. The van der Waals surface area contributed by atoms with Gasteiger partial charge in [-0.15, -0.1) is 0 Å². The summed E-state index contributed by atoms with van der Waals surface area (Å²) in [5.41, 5.74) is 1.07. The maximum absolute atomic E-state index is 12.7. The minimum Gasteiger partial charge on any atom is -0.348 e. The van der Waals surface area contributed by atoms with Gasteiger partial charge in [0.1, 0.15) is 10.8 Å². The van der Waals surface area contributed by atoms with Crippen LogP contribution in [0.3, 0.4) is 0 Å². The SMILES string of the molecule is Cc1ccc(S(=O)(=O)N2CCC(NC(=O)c3nc(Cl)ccc3Cl)CC2)cc1. The molecule has 0 atom stereocenters. The first-order valence-electron chi connectivity index (χ1n) is 8.47. The van der Waals surface area contributed by atoms with Crippen LogP contribution in [0.4, 0.5) is 0 Å². The van der Waals surface area contributed by atoms with E-state index < -0.39 is 15.9 Å². The molecule has 3 rings (SSSR count). The van der Waals surface area contributed by atoms with Crippen LogP contribution in [0.5, 0.6) is 0 Å². The van der Waals surface area contributed by atoms with E-state index in [9.17, 15) is 13.2 Å². The summed E-state index contributed by atoms with van der Waals surface area (Å²) in [6.07, 6.45) is 1.02. The van der Waals surface area contributed by atoms with Gasteiger partial charge in [0.05, 0.1) is 9.92 Å². The lowest BCUT2D eigenvalue weighted by molar-refractivity contribution is 0.0919. The van der Waals surface area contributed by atoms with Crippen molar-refractivity contribution in [2.75, 3.05) is 13.1 Å². The van der Waals surface area contributed by atoms with Crippen LogP contribution in [0.15, 0.2) is 41.3 Å². The molecule has 0 unspecified atom stereocenters. The van der Waals surface area contributed by atoms with E-state index >= 15 is 0 Å². The molecule has 2 heterocycles. The van der Waals surface area contributed by atoms with Gasteiger partial charge in [0, 0.05) is 19.1 Å². The summed E-state index contributed by atoms with van der Waals surface area (Å²) in [5, 5.41) is 3.26. The number of benzene rings is 1. The van der Waals surface area contributed by atoms with Crippen LogP contribution in [0, 0.1) is 6.92 Å². The van der Waals surface area contributed by atoms with E-state index in [1.807, 2.05) is 6.92 Å². The van der Waals surface area contributed by atoms with Gasteiger partial charge in [0.25, 0.3) is 5.91 Å². The second-order valence-corrected chi connectivity index (χ2v) is 9.16. The predicted octanol–water partition coefficient (Wildman–Crippen LogP) is 3.28. The summed E-state index contributed by atoms with van der Waals surface area (Å²) in [4.78, 5) is 16.6. The Hall–Kier alpha value is -1.67. The Labute approximate surface area is 168 Å². The summed E-state index contributed by atoms with van der Waals surface area (Å²) >= 11 is 11.8. The molecule has 1 fully saturated rings. The zero-order chi connectivity index (χ0) is 19.6. The molecule has 0 radical (unpaired) electrons. The average molecular weight is 428 g/mol. The molecule has 1 aliphatic heterocycles. The first-order valence-corrected chi connectivity index (χ1v) is 10.7. The highest BCUT2D eigenvalue weighted by atomic mass is 35.5. The van der Waals surface area contributed by atoms with Gasteiger partial charge in [-0.3, -0.25) is 4.79 Å². The van der Waals surface area contributed by atoms with Crippen LogP contribution in [0.1, 0.15) is 28.9 Å². The number of carbonyl (C=O) groups excluding carboxylic acids is 1. The van der Waals surface area contributed by atoms with Gasteiger partial charge in [-0.25, -0.2) is 13.4 Å². The highest BCUT2D eigenvalue weighted by Crippen LogP contribution is 2.22. The molecule has 2 aromatic rings. The molecule has 6 nitrogen and oxygen atoms in total. The van der Waals surface area contributed by atoms with Crippen molar-refractivity contribution in [3.63, 3.8) is 0 Å². The summed E-state index contributed by atoms with van der Waals surface area (Å²) in [6, 6.07) is 9.66. The third-order valence-electron chi connectivity index (χ3n) is 4.48. The van der Waals surface area contributed by atoms with Gasteiger partial charge in [0.15, 0.2) is 0 Å². The zero-order valence-corrected chi connectivity index (χ0v) is 17.0. The van der Waals surface area contributed by atoms with Crippen LogP contribution in [0.25, 0.3) is 0 Å². The van der Waals surface area contributed by atoms with E-state index in [-0.39, 0.29) is 26.8 Å². The highest BCUT2D eigenvalue weighted by molar-refractivity contribution is 7.89. The van der Waals surface area contributed by atoms with E-state index in [2.05, 4.69) is 10.3 Å². The summed E-state index contributed by atoms with van der Waals surface area (Å²) < 4.78 is 26.9. The van der Waals surface area contributed by atoms with Crippen LogP contribution in [-0.4, -0.2) is 42.7 Å². The first-order chi connectivity index (χ1) is 12.8. The molecule has 0 spiro atoms. The van der Waals surface area contributed by atoms with Gasteiger partial charge < -0.3 is 5.32 Å². The molecule has 1 saturated heterocycles. The number of rotatable bonds is 4. The molecule has 1 N–H and O–H groups in total. The minimum atomic E-state index is -3.53. The number of hydrogen-bond donors (Lipinski definition) is 1. The molecule has 0 saturated carbocycles. The minimum absolute atomic E-state index is 0.0684. The third kappa shape index (κ3) is 4.60. The number of nitrogens with zero attached hydrogens (tertiary/aromatic N) is 2. The monoisotopic (exact) mass is 427 g/mol. The number of aromatic nitrogens is 1. The second kappa shape index (κ2) is 8.14. The van der Waals surface area contributed by atoms with Gasteiger partial charge in [-0.05, 0) is 44.0 Å². The van der Waals surface area contributed by atoms with Crippen molar-refractivity contribution in [2.24, 2.45) is 0 Å². The Morgan fingerprint density at radius 1 is 1.11 bits per heavy atom. The van der Waals surface area contributed by atoms with Gasteiger partial charge in [0.2, 0.25) is 10.0 Å². The molecule has 0 bridgehead atoms. The molecule has 1 aliphatic rings. The van der Waals surface area contributed by atoms with Crippen LogP contribution >= 0.6 is 23.2 Å². The number of aryl methyl sites for hydroxylation is 1. The number of sulfonamides is 1. The van der Waals surface area contributed by atoms with Crippen molar-refractivity contribution in [3.8, 4) is 0 Å². The van der Waals surface area contributed by atoms with E-state index in [0.29, 0.717) is 25.9 Å². The Morgan fingerprint density at radius 3 is 2.37 bits per heavy atom. The number of piperidine rings is 1. The van der Waals surface area contributed by atoms with Gasteiger partial charge in [-0.1, -0.05) is 40.9 Å². The number of amides is 1. The fourth-order valence-corrected chi connectivity index (χ4v) is 4.74. The lowest BCUT2D eigenvalue weighted by Gasteiger charge is -2.31. The molecule has 27 heavy (non-hydrogen) atoms. The number of carbonyl (C=O) groups is 1. The largest absolute Gasteiger partial charge is 0.348 e. The number of nitrogens with one attached hydrogen (secondary N) is 1. The molecule has 1 aromatic heterocycles. The lowest BCUT2D eigenvalue weighted by atomic mass is 10.1. The Bertz CT molecular complexity index is 941. The standard InChI is InChI=1S/C18H19Cl2N3O3S/c1-12-2-4-14(5-3-12)27(25,26)23-10-8-13(9-11-23)21-18(24)17-15(19)6-7-16(20)22-17/h2-7,13H,8-11H2,1H3,(H,21,24). The van der Waals surface area contributed by atoms with Gasteiger partial charge >= 0.3 is 0 Å². The van der Waals surface area contributed by atoms with Crippen molar-refractivity contribution in [1.82, 2.24) is 14.6 Å². The molecule has 9 heteroatoms. The number of halogens is 2. The van der Waals surface area contributed by atoms with Crippen molar-refractivity contribution in [1.29, 1.82) is 0 Å². The van der Waals surface area contributed by atoms with Crippen LogP contribution in [-0.2, 0) is 10.0 Å². The van der Waals surface area contributed by atoms with E-state index in [1.165, 1.54) is 16.4 Å². The summed E-state index contributed by atoms with van der Waals surface area (Å²) in [5.74, 6) is -0.414. The van der Waals surface area contributed by atoms with Crippen molar-refractivity contribution in [3.05, 3.63) is 57.8 Å². The van der Waals surface area contributed by atoms with Crippen molar-refractivity contribution >= 4 is 39.1 Å². The number of pyridine rings is 1. The normalized spacial score (nSPS) is 16.3. The topological polar surface area (TPSA) is 79.4 Å². The molecular formula is C18H19Cl2N3O3S. The van der Waals surface area contributed by atoms with E-state index in [0.717, 1.165) is 5.56 Å². The van der Waals surface area contributed by atoms with Gasteiger partial charge in [-0.2, -0.15) is 4.31 Å². The molecule has 0 aliphatic carbocycles. The smallest absolute Gasteiger partial charge is 0.271 e. The maximum Gasteiger partial charge on any atom is 0.271 e. The molecule has 1 aromatic carbocycles. The maximum atomic E-state index is 12.7. The zero-order valence-electron chi connectivity index (χ0n) is 14.7. The van der Waals surface area contributed by atoms with E-state index in [1.54, 1.807) is 24.3 Å². The Morgan fingerprint density at radius 2 is 1.74 bits per heavy atom. The van der Waals surface area contributed by atoms with Crippen molar-refractivity contribution < 1.29 is 13.2 Å². The highest BCUT2D eigenvalue weighted by Gasteiger charge is 2.30. The average Bonchev–Trinajstić information content (AvgIpc) is 2.64. The fourth-order valence-electron chi connectivity index (χ4n) is 2.93. The molecule has 1 amide bonds. The fraction of sp³-hybridized carbons (Fsp3) is 0.333. The van der Waals surface area contributed by atoms with Crippen LogP contribution in [0.2, 0.25) is 10.2 Å². The first kappa shape index (κ1) is 20.1. The third-order valence-corrected chi connectivity index (χ3v) is 6.90. The summed E-state index contributed by atoms with van der Waals surface area (Å²) in [6.45, 7) is 2.57. The Balaban J connectivity index is 1.62. The lowest BCUT2D eigenvalue weighted by Crippen LogP contribution is -2.46. The molecule has 144 valence electrons. The quantitative estimate of drug-likeness (QED) is 0.759. The number of hydrogen-bond acceptors (Lipinski definition) is 4. The second-order valence-electron chi connectivity index (χ2n) is 6.43. The van der Waals surface area contributed by atoms with E-state index in [4.69, 9.17) is 23.2 Å². The van der Waals surface area contributed by atoms with Crippen LogP contribution < -0.4 is 5.32 Å². The molecular weight excluding hydrogens is 409 g/mol.